The van der Waals surface area contributed by atoms with Gasteiger partial charge in [0.2, 0.25) is 0 Å². The molecule has 132 valence electrons. The van der Waals surface area contributed by atoms with E-state index < -0.39 is 11.6 Å². The summed E-state index contributed by atoms with van der Waals surface area (Å²) >= 11 is 0. The van der Waals surface area contributed by atoms with Crippen LogP contribution in [0.15, 0.2) is 24.4 Å². The molecule has 0 radical (unpaired) electrons. The zero-order chi connectivity index (χ0) is 17.4. The Morgan fingerprint density at radius 2 is 2.00 bits per heavy atom. The first-order chi connectivity index (χ1) is 12.1. The van der Waals surface area contributed by atoms with Gasteiger partial charge in [-0.25, -0.2) is 13.5 Å². The highest BCUT2D eigenvalue weighted by molar-refractivity contribution is 5.92. The van der Waals surface area contributed by atoms with Gasteiger partial charge in [0.25, 0.3) is 5.91 Å². The number of hydrogen-bond acceptors (Lipinski definition) is 4. The molecule has 0 saturated carbocycles. The number of benzene rings is 1. The largest absolute Gasteiger partial charge is 0.334 e. The molecule has 1 aromatic heterocycles. The molecule has 1 unspecified atom stereocenters. The summed E-state index contributed by atoms with van der Waals surface area (Å²) in [6.07, 6.45) is 3.75. The van der Waals surface area contributed by atoms with Gasteiger partial charge in [-0.05, 0) is 31.5 Å². The summed E-state index contributed by atoms with van der Waals surface area (Å²) in [4.78, 5) is 16.8. The second-order valence-electron chi connectivity index (χ2n) is 6.58. The molecule has 0 N–H and O–H groups in total. The summed E-state index contributed by atoms with van der Waals surface area (Å²) < 4.78 is 28.8. The summed E-state index contributed by atoms with van der Waals surface area (Å²) in [5, 5.41) is 7.75. The zero-order valence-corrected chi connectivity index (χ0v) is 13.7. The lowest BCUT2D eigenvalue weighted by Gasteiger charge is -2.37. The smallest absolute Gasteiger partial charge is 0.276 e. The van der Waals surface area contributed by atoms with Crippen molar-refractivity contribution >= 4 is 5.91 Å². The first-order valence-corrected chi connectivity index (χ1v) is 8.48. The van der Waals surface area contributed by atoms with E-state index in [4.69, 9.17) is 0 Å². The van der Waals surface area contributed by atoms with Crippen molar-refractivity contribution in [1.29, 1.82) is 0 Å². The van der Waals surface area contributed by atoms with Crippen LogP contribution in [0.4, 0.5) is 8.78 Å². The Hall–Kier alpha value is -2.35. The summed E-state index contributed by atoms with van der Waals surface area (Å²) in [6, 6.07) is 4.14. The van der Waals surface area contributed by atoms with Gasteiger partial charge >= 0.3 is 0 Å². The molecule has 4 rings (SSSR count). The van der Waals surface area contributed by atoms with Gasteiger partial charge in [0, 0.05) is 31.2 Å². The molecule has 8 heteroatoms. The fraction of sp³-hybridized carbons (Fsp3) is 0.471. The third kappa shape index (κ3) is 3.13. The predicted octanol–water partition coefficient (Wildman–Crippen LogP) is 1.52. The van der Waals surface area contributed by atoms with Crippen molar-refractivity contribution in [2.24, 2.45) is 0 Å². The van der Waals surface area contributed by atoms with Crippen LogP contribution < -0.4 is 0 Å². The maximum atomic E-state index is 13.7. The van der Waals surface area contributed by atoms with Crippen molar-refractivity contribution in [3.05, 3.63) is 47.3 Å². The molecular weight excluding hydrogens is 328 g/mol. The Kier molecular flexibility index (Phi) is 4.20. The highest BCUT2D eigenvalue weighted by Crippen LogP contribution is 2.22. The van der Waals surface area contributed by atoms with Crippen LogP contribution in [0.3, 0.4) is 0 Å². The highest BCUT2D eigenvalue weighted by Gasteiger charge is 2.33. The lowest BCUT2D eigenvalue weighted by atomic mass is 10.1. The first kappa shape index (κ1) is 16.1. The quantitative estimate of drug-likeness (QED) is 0.845. The maximum Gasteiger partial charge on any atom is 0.276 e. The number of nitrogens with zero attached hydrogens (tertiary/aromatic N) is 5. The van der Waals surface area contributed by atoms with E-state index in [0.29, 0.717) is 19.1 Å². The first-order valence-electron chi connectivity index (χ1n) is 8.48. The minimum Gasteiger partial charge on any atom is -0.334 e. The zero-order valence-electron chi connectivity index (χ0n) is 13.7. The average molecular weight is 347 g/mol. The topological polar surface area (TPSA) is 54.3 Å². The van der Waals surface area contributed by atoms with Crippen LogP contribution in [0.25, 0.3) is 0 Å². The van der Waals surface area contributed by atoms with Crippen LogP contribution in [-0.4, -0.2) is 62.9 Å². The van der Waals surface area contributed by atoms with Crippen molar-refractivity contribution in [2.75, 3.05) is 26.2 Å². The standard InChI is InChI=1S/C17H19F2N5O/c18-14-4-1-5-15(19)13(14)10-24-11-16(20-21-24)17(25)23-8-7-22-6-2-3-12(22)9-23/h1,4-5,11-12H,2-3,6-10H2. The van der Waals surface area contributed by atoms with Crippen molar-refractivity contribution < 1.29 is 13.6 Å². The molecule has 2 fully saturated rings. The Bertz CT molecular complexity index is 773. The second kappa shape index (κ2) is 6.51. The SMILES string of the molecule is O=C(c1cn(Cc2c(F)cccc2F)nn1)N1CCN2CCCC2C1. The molecule has 3 heterocycles. The lowest BCUT2D eigenvalue weighted by molar-refractivity contribution is 0.0565. The van der Waals surface area contributed by atoms with E-state index in [1.165, 1.54) is 35.5 Å². The highest BCUT2D eigenvalue weighted by atomic mass is 19.1. The minimum absolute atomic E-state index is 0.0917. The Morgan fingerprint density at radius 3 is 2.80 bits per heavy atom. The summed E-state index contributed by atoms with van der Waals surface area (Å²) in [6.45, 7) is 3.26. The lowest BCUT2D eigenvalue weighted by Crippen LogP contribution is -2.52. The van der Waals surface area contributed by atoms with E-state index in [0.717, 1.165) is 19.5 Å². The average Bonchev–Trinajstić information content (AvgIpc) is 3.26. The summed E-state index contributed by atoms with van der Waals surface area (Å²) in [5.74, 6) is -1.45. The summed E-state index contributed by atoms with van der Waals surface area (Å²) in [7, 11) is 0. The fourth-order valence-electron chi connectivity index (χ4n) is 3.66. The van der Waals surface area contributed by atoms with Gasteiger partial charge in [-0.2, -0.15) is 0 Å². The van der Waals surface area contributed by atoms with Crippen molar-refractivity contribution in [2.45, 2.75) is 25.4 Å². The van der Waals surface area contributed by atoms with Gasteiger partial charge in [-0.15, -0.1) is 5.10 Å². The second-order valence-corrected chi connectivity index (χ2v) is 6.58. The van der Waals surface area contributed by atoms with Crippen molar-refractivity contribution in [3.63, 3.8) is 0 Å². The number of hydrogen-bond donors (Lipinski definition) is 0. The number of carbonyl (C=O) groups excluding carboxylic acids is 1. The molecular formula is C17H19F2N5O. The number of piperazine rings is 1. The third-order valence-electron chi connectivity index (χ3n) is 5.01. The Labute approximate surface area is 144 Å². The number of amides is 1. The van der Waals surface area contributed by atoms with Crippen LogP contribution in [-0.2, 0) is 6.54 Å². The predicted molar refractivity (Wildman–Crippen MR) is 86.0 cm³/mol. The van der Waals surface area contributed by atoms with E-state index in [-0.39, 0.29) is 23.7 Å². The minimum atomic E-state index is -0.638. The van der Waals surface area contributed by atoms with Gasteiger partial charge in [0.15, 0.2) is 5.69 Å². The van der Waals surface area contributed by atoms with E-state index in [1.54, 1.807) is 4.90 Å². The molecule has 1 atom stereocenters. The van der Waals surface area contributed by atoms with Crippen LogP contribution in [0, 0.1) is 11.6 Å². The number of fused-ring (bicyclic) bond motifs is 1. The number of rotatable bonds is 3. The van der Waals surface area contributed by atoms with Gasteiger partial charge in [0.05, 0.1) is 12.7 Å². The van der Waals surface area contributed by atoms with Gasteiger partial charge in [0.1, 0.15) is 11.6 Å². The molecule has 0 aliphatic carbocycles. The maximum absolute atomic E-state index is 13.7. The molecule has 2 aromatic rings. The molecule has 0 bridgehead atoms. The molecule has 25 heavy (non-hydrogen) atoms. The Balaban J connectivity index is 1.46. The normalized spacial score (nSPS) is 20.7. The van der Waals surface area contributed by atoms with Gasteiger partial charge in [-0.1, -0.05) is 11.3 Å². The Morgan fingerprint density at radius 1 is 1.20 bits per heavy atom. The monoisotopic (exact) mass is 347 g/mol. The molecule has 6 nitrogen and oxygen atoms in total. The van der Waals surface area contributed by atoms with E-state index in [2.05, 4.69) is 15.2 Å². The fourth-order valence-corrected chi connectivity index (χ4v) is 3.66. The molecule has 1 aromatic carbocycles. The van der Waals surface area contributed by atoms with Crippen LogP contribution in [0.1, 0.15) is 28.9 Å². The van der Waals surface area contributed by atoms with E-state index in [9.17, 15) is 13.6 Å². The molecule has 0 spiro atoms. The number of carbonyl (C=O) groups is 1. The van der Waals surface area contributed by atoms with Crippen LogP contribution in [0.2, 0.25) is 0 Å². The van der Waals surface area contributed by atoms with Crippen LogP contribution >= 0.6 is 0 Å². The number of halogens is 2. The molecule has 2 saturated heterocycles. The molecule has 1 amide bonds. The van der Waals surface area contributed by atoms with E-state index in [1.807, 2.05) is 0 Å². The van der Waals surface area contributed by atoms with Gasteiger partial charge < -0.3 is 4.90 Å². The van der Waals surface area contributed by atoms with Crippen LogP contribution in [0.5, 0.6) is 0 Å². The van der Waals surface area contributed by atoms with Crippen molar-refractivity contribution in [1.82, 2.24) is 24.8 Å². The van der Waals surface area contributed by atoms with Crippen molar-refractivity contribution in [3.8, 4) is 0 Å². The van der Waals surface area contributed by atoms with E-state index >= 15 is 0 Å². The molecule has 2 aliphatic heterocycles. The molecule has 2 aliphatic rings. The third-order valence-corrected chi connectivity index (χ3v) is 5.01. The summed E-state index contributed by atoms with van der Waals surface area (Å²) in [5.41, 5.74) is 0.120. The number of aromatic nitrogens is 3. The van der Waals surface area contributed by atoms with Gasteiger partial charge in [-0.3, -0.25) is 9.69 Å².